The van der Waals surface area contributed by atoms with Crippen molar-refractivity contribution in [3.8, 4) is 0 Å². The maximum atomic E-state index is 11.8. The molecule has 1 aliphatic carbocycles. The molecule has 0 aromatic rings. The van der Waals surface area contributed by atoms with Crippen molar-refractivity contribution in [1.29, 1.82) is 0 Å². The number of rotatable bonds is 5. The standard InChI is InChI=1S/C13H25NO2/c1-11(2)6-7-12(16)14-13(10-15)8-4-3-5-9-13/h11,15H,3-10H2,1-2H3,(H,14,16). The summed E-state index contributed by atoms with van der Waals surface area (Å²) in [6, 6.07) is 0. The Kier molecular flexibility index (Phi) is 5.26. The predicted octanol–water partition coefficient (Wildman–Crippen LogP) is 2.23. The molecular formula is C13H25NO2. The smallest absolute Gasteiger partial charge is 0.220 e. The van der Waals surface area contributed by atoms with Crippen LogP contribution >= 0.6 is 0 Å². The Labute approximate surface area is 98.6 Å². The molecule has 0 aliphatic heterocycles. The van der Waals surface area contributed by atoms with Crippen LogP contribution in [-0.4, -0.2) is 23.2 Å². The van der Waals surface area contributed by atoms with Crippen LogP contribution in [0.4, 0.5) is 0 Å². The van der Waals surface area contributed by atoms with E-state index in [4.69, 9.17) is 0 Å². The summed E-state index contributed by atoms with van der Waals surface area (Å²) in [4.78, 5) is 11.8. The normalized spacial score (nSPS) is 19.8. The Balaban J connectivity index is 2.39. The second-order valence-corrected chi connectivity index (χ2v) is 5.48. The van der Waals surface area contributed by atoms with Crippen molar-refractivity contribution in [2.45, 2.75) is 64.3 Å². The largest absolute Gasteiger partial charge is 0.394 e. The monoisotopic (exact) mass is 227 g/mol. The summed E-state index contributed by atoms with van der Waals surface area (Å²) in [5.41, 5.74) is -0.313. The zero-order valence-electron chi connectivity index (χ0n) is 10.6. The summed E-state index contributed by atoms with van der Waals surface area (Å²) in [6.07, 6.45) is 6.82. The van der Waals surface area contributed by atoms with Gasteiger partial charge in [0.25, 0.3) is 0 Å². The lowest BCUT2D eigenvalue weighted by Crippen LogP contribution is -2.52. The highest BCUT2D eigenvalue weighted by atomic mass is 16.3. The van der Waals surface area contributed by atoms with Gasteiger partial charge in [-0.3, -0.25) is 4.79 Å². The first-order chi connectivity index (χ1) is 7.58. The molecule has 16 heavy (non-hydrogen) atoms. The minimum atomic E-state index is -0.313. The molecule has 1 aliphatic rings. The quantitative estimate of drug-likeness (QED) is 0.756. The highest BCUT2D eigenvalue weighted by Gasteiger charge is 2.32. The second kappa shape index (κ2) is 6.24. The van der Waals surface area contributed by atoms with Gasteiger partial charge in [-0.15, -0.1) is 0 Å². The summed E-state index contributed by atoms with van der Waals surface area (Å²) in [5.74, 6) is 0.659. The number of carbonyl (C=O) groups is 1. The van der Waals surface area contributed by atoms with Crippen LogP contribution in [0.25, 0.3) is 0 Å². The Morgan fingerprint density at radius 2 is 1.94 bits per heavy atom. The van der Waals surface area contributed by atoms with Crippen molar-refractivity contribution in [3.05, 3.63) is 0 Å². The molecule has 0 bridgehead atoms. The van der Waals surface area contributed by atoms with Crippen molar-refractivity contribution >= 4 is 5.91 Å². The van der Waals surface area contributed by atoms with Crippen LogP contribution in [0.2, 0.25) is 0 Å². The number of nitrogens with one attached hydrogen (secondary N) is 1. The fourth-order valence-electron chi connectivity index (χ4n) is 2.33. The zero-order chi connectivity index (χ0) is 12.0. The van der Waals surface area contributed by atoms with Crippen molar-refractivity contribution in [2.75, 3.05) is 6.61 Å². The molecule has 0 aromatic carbocycles. The number of aliphatic hydroxyl groups excluding tert-OH is 1. The molecule has 0 unspecified atom stereocenters. The zero-order valence-corrected chi connectivity index (χ0v) is 10.6. The highest BCUT2D eigenvalue weighted by molar-refractivity contribution is 5.76. The predicted molar refractivity (Wildman–Crippen MR) is 65.1 cm³/mol. The Hall–Kier alpha value is -0.570. The summed E-state index contributed by atoms with van der Waals surface area (Å²) >= 11 is 0. The maximum absolute atomic E-state index is 11.8. The average Bonchev–Trinajstić information content (AvgIpc) is 2.28. The molecule has 0 atom stereocenters. The van der Waals surface area contributed by atoms with Crippen LogP contribution in [0.5, 0.6) is 0 Å². The summed E-state index contributed by atoms with van der Waals surface area (Å²) < 4.78 is 0. The molecule has 0 spiro atoms. The first-order valence-electron chi connectivity index (χ1n) is 6.50. The van der Waals surface area contributed by atoms with Gasteiger partial charge in [0, 0.05) is 6.42 Å². The van der Waals surface area contributed by atoms with E-state index >= 15 is 0 Å². The Bertz CT molecular complexity index is 220. The van der Waals surface area contributed by atoms with Gasteiger partial charge in [0.05, 0.1) is 12.1 Å². The van der Waals surface area contributed by atoms with Crippen LogP contribution < -0.4 is 5.32 Å². The van der Waals surface area contributed by atoms with Gasteiger partial charge in [0.15, 0.2) is 0 Å². The number of hydrogen-bond donors (Lipinski definition) is 2. The van der Waals surface area contributed by atoms with Crippen molar-refractivity contribution < 1.29 is 9.90 Å². The van der Waals surface area contributed by atoms with Gasteiger partial charge in [-0.2, -0.15) is 0 Å². The van der Waals surface area contributed by atoms with Gasteiger partial charge in [-0.1, -0.05) is 33.1 Å². The molecule has 0 heterocycles. The van der Waals surface area contributed by atoms with Gasteiger partial charge in [-0.05, 0) is 25.2 Å². The summed E-state index contributed by atoms with van der Waals surface area (Å²) in [7, 11) is 0. The molecular weight excluding hydrogens is 202 g/mol. The lowest BCUT2D eigenvalue weighted by Gasteiger charge is -2.36. The SMILES string of the molecule is CC(C)CCC(=O)NC1(CO)CCCCC1. The lowest BCUT2D eigenvalue weighted by molar-refractivity contribution is -0.124. The van der Waals surface area contributed by atoms with Gasteiger partial charge >= 0.3 is 0 Å². The molecule has 1 rings (SSSR count). The third kappa shape index (κ3) is 4.12. The second-order valence-electron chi connectivity index (χ2n) is 5.48. The molecule has 1 saturated carbocycles. The summed E-state index contributed by atoms with van der Waals surface area (Å²) in [5, 5.41) is 12.5. The van der Waals surface area contributed by atoms with E-state index in [1.54, 1.807) is 0 Å². The van der Waals surface area contributed by atoms with Crippen molar-refractivity contribution in [1.82, 2.24) is 5.32 Å². The molecule has 1 fully saturated rings. The Morgan fingerprint density at radius 1 is 1.31 bits per heavy atom. The number of amides is 1. The van der Waals surface area contributed by atoms with E-state index in [0.29, 0.717) is 12.3 Å². The minimum absolute atomic E-state index is 0.0837. The van der Waals surface area contributed by atoms with Gasteiger partial charge in [0.2, 0.25) is 5.91 Å². The van der Waals surface area contributed by atoms with E-state index in [9.17, 15) is 9.90 Å². The van der Waals surface area contributed by atoms with E-state index in [2.05, 4.69) is 19.2 Å². The van der Waals surface area contributed by atoms with Crippen LogP contribution in [0.3, 0.4) is 0 Å². The molecule has 3 nitrogen and oxygen atoms in total. The van der Waals surface area contributed by atoms with Crippen LogP contribution in [-0.2, 0) is 4.79 Å². The molecule has 3 heteroatoms. The first kappa shape index (κ1) is 13.5. The van der Waals surface area contributed by atoms with E-state index in [1.807, 2.05) is 0 Å². The van der Waals surface area contributed by atoms with Crippen LogP contribution in [0.15, 0.2) is 0 Å². The van der Waals surface area contributed by atoms with E-state index in [1.165, 1.54) is 6.42 Å². The number of aliphatic hydroxyl groups is 1. The fourth-order valence-corrected chi connectivity index (χ4v) is 2.33. The third-order valence-corrected chi connectivity index (χ3v) is 3.47. The van der Waals surface area contributed by atoms with Gasteiger partial charge in [0.1, 0.15) is 0 Å². The summed E-state index contributed by atoms with van der Waals surface area (Å²) in [6.45, 7) is 4.33. The third-order valence-electron chi connectivity index (χ3n) is 3.47. The molecule has 0 aromatic heterocycles. The topological polar surface area (TPSA) is 49.3 Å². The molecule has 1 amide bonds. The van der Waals surface area contributed by atoms with Crippen molar-refractivity contribution in [3.63, 3.8) is 0 Å². The molecule has 0 radical (unpaired) electrons. The first-order valence-corrected chi connectivity index (χ1v) is 6.50. The molecule has 94 valence electrons. The minimum Gasteiger partial charge on any atom is -0.394 e. The Morgan fingerprint density at radius 3 is 2.44 bits per heavy atom. The van der Waals surface area contributed by atoms with Crippen LogP contribution in [0, 0.1) is 5.92 Å². The molecule has 0 saturated heterocycles. The van der Waals surface area contributed by atoms with Crippen LogP contribution in [0.1, 0.15) is 58.8 Å². The number of hydrogen-bond acceptors (Lipinski definition) is 2. The van der Waals surface area contributed by atoms with Crippen molar-refractivity contribution in [2.24, 2.45) is 5.92 Å². The number of carbonyl (C=O) groups excluding carboxylic acids is 1. The fraction of sp³-hybridized carbons (Fsp3) is 0.923. The van der Waals surface area contributed by atoms with E-state index < -0.39 is 0 Å². The van der Waals surface area contributed by atoms with Gasteiger partial charge < -0.3 is 10.4 Å². The average molecular weight is 227 g/mol. The highest BCUT2D eigenvalue weighted by Crippen LogP contribution is 2.27. The molecule has 2 N–H and O–H groups in total. The van der Waals surface area contributed by atoms with E-state index in [0.717, 1.165) is 32.1 Å². The van der Waals surface area contributed by atoms with Gasteiger partial charge in [-0.25, -0.2) is 0 Å². The lowest BCUT2D eigenvalue weighted by atomic mass is 9.82. The van der Waals surface area contributed by atoms with E-state index in [-0.39, 0.29) is 18.1 Å². The maximum Gasteiger partial charge on any atom is 0.220 e.